The Labute approximate surface area is 196 Å². The molecule has 2 aromatic carbocycles. The predicted molar refractivity (Wildman–Crippen MR) is 121 cm³/mol. The molecule has 0 radical (unpaired) electrons. The molecule has 0 unspecified atom stereocenters. The van der Waals surface area contributed by atoms with Crippen LogP contribution in [0.25, 0.3) is 6.08 Å². The van der Waals surface area contributed by atoms with Crippen LogP contribution in [0.2, 0.25) is 0 Å². The van der Waals surface area contributed by atoms with Crippen molar-refractivity contribution in [3.63, 3.8) is 0 Å². The van der Waals surface area contributed by atoms with Crippen molar-refractivity contribution >= 4 is 17.4 Å². The van der Waals surface area contributed by atoms with E-state index in [1.165, 1.54) is 23.5 Å². The van der Waals surface area contributed by atoms with Gasteiger partial charge in [0.05, 0.1) is 10.6 Å². The number of ether oxygens (including phenoxy) is 2. The molecule has 34 heavy (non-hydrogen) atoms. The molecule has 2 atom stereocenters. The molecule has 0 fully saturated rings. The van der Waals surface area contributed by atoms with Crippen molar-refractivity contribution in [2.75, 3.05) is 0 Å². The zero-order valence-electron chi connectivity index (χ0n) is 18.0. The number of hydrogen-bond donors (Lipinski definition) is 0. The zero-order valence-corrected chi connectivity index (χ0v) is 18.8. The van der Waals surface area contributed by atoms with Crippen molar-refractivity contribution in [3.8, 4) is 11.7 Å². The van der Waals surface area contributed by atoms with Crippen LogP contribution in [0.5, 0.6) is 11.7 Å². The average Bonchev–Trinajstić information content (AvgIpc) is 3.36. The monoisotopic (exact) mass is 480 g/mol. The molecule has 2 aliphatic heterocycles. The van der Waals surface area contributed by atoms with Gasteiger partial charge in [0, 0.05) is 35.8 Å². The molecule has 0 saturated carbocycles. The van der Waals surface area contributed by atoms with Gasteiger partial charge in [-0.1, -0.05) is 29.5 Å². The maximum Gasteiger partial charge on any atom is 0.285 e. The second kappa shape index (κ2) is 7.66. The van der Waals surface area contributed by atoms with Crippen molar-refractivity contribution in [2.24, 2.45) is 4.99 Å². The van der Waals surface area contributed by atoms with E-state index in [-0.39, 0.29) is 29.7 Å². The van der Waals surface area contributed by atoms with Crippen LogP contribution in [0.15, 0.2) is 68.8 Å². The highest BCUT2D eigenvalue weighted by atomic mass is 32.1. The standard InChI is InChI=1S/C25H18F2N2O4S/c1-25-12-19(17-4-2-3-5-20(17)33-25)29-23(30)21(34-24(29)28-25)11-16-8-9-22(32-16)31-13-14-6-7-15(26)10-18(14)27/h2-11,19H,12-13H2,1H3/b21-11-/t19-,25+/m1/s1. The summed E-state index contributed by atoms with van der Waals surface area (Å²) < 4.78 is 46.3. The maximum absolute atomic E-state index is 13.8. The molecular formula is C25H18F2N2O4S. The second-order valence-electron chi connectivity index (χ2n) is 8.40. The first-order chi connectivity index (χ1) is 16.4. The van der Waals surface area contributed by atoms with Crippen LogP contribution in [0, 0.1) is 11.6 Å². The van der Waals surface area contributed by atoms with Crippen molar-refractivity contribution in [1.29, 1.82) is 0 Å². The topological polar surface area (TPSA) is 66.0 Å². The number of furan rings is 1. The number of aromatic nitrogens is 1. The molecule has 4 aromatic rings. The number of benzene rings is 2. The average molecular weight is 480 g/mol. The Morgan fingerprint density at radius 2 is 2.09 bits per heavy atom. The third-order valence-corrected chi connectivity index (χ3v) is 6.90. The molecule has 4 heterocycles. The van der Waals surface area contributed by atoms with E-state index in [2.05, 4.69) is 0 Å². The molecule has 0 saturated heterocycles. The minimum absolute atomic E-state index is 0.117. The van der Waals surface area contributed by atoms with Crippen LogP contribution in [0.3, 0.4) is 0 Å². The van der Waals surface area contributed by atoms with Crippen LogP contribution in [0.4, 0.5) is 8.78 Å². The van der Waals surface area contributed by atoms with Gasteiger partial charge in [0.1, 0.15) is 29.8 Å². The number of nitrogens with zero attached hydrogens (tertiary/aromatic N) is 2. The third-order valence-electron chi connectivity index (χ3n) is 5.92. The summed E-state index contributed by atoms with van der Waals surface area (Å²) in [7, 11) is 0. The molecule has 2 aliphatic rings. The molecule has 2 aromatic heterocycles. The largest absolute Gasteiger partial charge is 0.466 e. The SMILES string of the molecule is C[C@@]12C[C@H](c3ccccc3O1)n1c(s/c(=C\c3ccc(OCc4ccc(F)cc4F)o3)c1=O)=N2. The number of thiazole rings is 1. The summed E-state index contributed by atoms with van der Waals surface area (Å²) in [4.78, 5) is 18.6. The van der Waals surface area contributed by atoms with Crippen LogP contribution in [-0.2, 0) is 6.61 Å². The van der Waals surface area contributed by atoms with Gasteiger partial charge in [0.2, 0.25) is 5.72 Å². The van der Waals surface area contributed by atoms with Crippen molar-refractivity contribution in [3.05, 3.63) is 103 Å². The number of rotatable bonds is 4. The van der Waals surface area contributed by atoms with Gasteiger partial charge in [-0.15, -0.1) is 0 Å². The lowest BCUT2D eigenvalue weighted by Gasteiger charge is -2.39. The molecule has 6 nitrogen and oxygen atoms in total. The summed E-state index contributed by atoms with van der Waals surface area (Å²) in [5.74, 6) is -0.0299. The smallest absolute Gasteiger partial charge is 0.285 e. The number of halogens is 2. The minimum Gasteiger partial charge on any atom is -0.466 e. The zero-order chi connectivity index (χ0) is 23.4. The Morgan fingerprint density at radius 1 is 1.24 bits per heavy atom. The summed E-state index contributed by atoms with van der Waals surface area (Å²) >= 11 is 1.27. The van der Waals surface area contributed by atoms with Crippen molar-refractivity contribution in [1.82, 2.24) is 4.57 Å². The molecule has 172 valence electrons. The van der Waals surface area contributed by atoms with Crippen LogP contribution >= 0.6 is 11.3 Å². The van der Waals surface area contributed by atoms with Gasteiger partial charge in [0.25, 0.3) is 11.5 Å². The fourth-order valence-electron chi connectivity index (χ4n) is 4.34. The van der Waals surface area contributed by atoms with Gasteiger partial charge >= 0.3 is 0 Å². The van der Waals surface area contributed by atoms with E-state index in [4.69, 9.17) is 18.9 Å². The van der Waals surface area contributed by atoms with E-state index < -0.39 is 17.4 Å². The number of hydrogen-bond acceptors (Lipinski definition) is 6. The highest BCUT2D eigenvalue weighted by Gasteiger charge is 2.42. The maximum atomic E-state index is 13.8. The minimum atomic E-state index is -0.727. The normalized spacial score (nSPS) is 20.8. The van der Waals surface area contributed by atoms with Gasteiger partial charge in [0.15, 0.2) is 4.80 Å². The highest BCUT2D eigenvalue weighted by molar-refractivity contribution is 7.07. The summed E-state index contributed by atoms with van der Waals surface area (Å²) in [6, 6.07) is 14.1. The Kier molecular flexibility index (Phi) is 4.70. The quantitative estimate of drug-likeness (QED) is 0.444. The highest BCUT2D eigenvalue weighted by Crippen LogP contribution is 2.42. The van der Waals surface area contributed by atoms with Gasteiger partial charge in [-0.3, -0.25) is 9.36 Å². The Bertz CT molecular complexity index is 1610. The van der Waals surface area contributed by atoms with Gasteiger partial charge in [-0.25, -0.2) is 13.8 Å². The number of para-hydroxylation sites is 1. The summed E-state index contributed by atoms with van der Waals surface area (Å²) in [5, 5.41) is 0. The first-order valence-corrected chi connectivity index (χ1v) is 11.5. The van der Waals surface area contributed by atoms with Crippen molar-refractivity contribution in [2.45, 2.75) is 31.7 Å². The Balaban J connectivity index is 1.32. The Hall–Kier alpha value is -3.72. The molecule has 0 spiro atoms. The molecule has 2 bridgehead atoms. The van der Waals surface area contributed by atoms with Crippen molar-refractivity contribution < 1.29 is 22.7 Å². The predicted octanol–water partition coefficient (Wildman–Crippen LogP) is 3.91. The fourth-order valence-corrected chi connectivity index (χ4v) is 5.45. The van der Waals surface area contributed by atoms with E-state index in [9.17, 15) is 13.6 Å². The van der Waals surface area contributed by atoms with E-state index in [0.717, 1.165) is 17.4 Å². The molecule has 0 aliphatic carbocycles. The van der Waals surface area contributed by atoms with Gasteiger partial charge in [-0.05, 0) is 31.2 Å². The molecule has 0 amide bonds. The van der Waals surface area contributed by atoms with Crippen LogP contribution in [-0.4, -0.2) is 10.3 Å². The first-order valence-electron chi connectivity index (χ1n) is 10.7. The molecular weight excluding hydrogens is 462 g/mol. The summed E-state index contributed by atoms with van der Waals surface area (Å²) in [5.41, 5.74) is 0.287. The van der Waals surface area contributed by atoms with Gasteiger partial charge in [-0.2, -0.15) is 0 Å². The van der Waals surface area contributed by atoms with Crippen LogP contribution < -0.4 is 24.4 Å². The van der Waals surface area contributed by atoms with E-state index in [0.29, 0.717) is 21.5 Å². The van der Waals surface area contributed by atoms with Gasteiger partial charge < -0.3 is 13.9 Å². The first kappa shape index (κ1) is 20.9. The lowest BCUT2D eigenvalue weighted by molar-refractivity contribution is 0.0410. The molecule has 6 rings (SSSR count). The number of fused-ring (bicyclic) bond motifs is 6. The summed E-state index contributed by atoms with van der Waals surface area (Å²) in [6.45, 7) is 1.81. The summed E-state index contributed by atoms with van der Waals surface area (Å²) in [6.07, 6.45) is 2.21. The second-order valence-corrected chi connectivity index (χ2v) is 9.41. The molecule has 0 N–H and O–H groups in total. The van der Waals surface area contributed by atoms with E-state index >= 15 is 0 Å². The third kappa shape index (κ3) is 3.52. The lowest BCUT2D eigenvalue weighted by Crippen LogP contribution is -2.49. The lowest BCUT2D eigenvalue weighted by atomic mass is 9.93. The van der Waals surface area contributed by atoms with E-state index in [1.807, 2.05) is 31.2 Å². The fraction of sp³-hybridized carbons (Fsp3) is 0.200. The molecule has 9 heteroatoms. The van der Waals surface area contributed by atoms with Crippen LogP contribution in [0.1, 0.15) is 36.3 Å². The Morgan fingerprint density at radius 3 is 2.94 bits per heavy atom. The van der Waals surface area contributed by atoms with E-state index in [1.54, 1.807) is 22.8 Å².